The quantitative estimate of drug-likeness (QED) is 0.461. The van der Waals surface area contributed by atoms with E-state index in [0.29, 0.717) is 17.3 Å². The fourth-order valence-electron chi connectivity index (χ4n) is 6.54. The van der Waals surface area contributed by atoms with E-state index in [0.717, 1.165) is 48.9 Å². The van der Waals surface area contributed by atoms with Crippen LogP contribution < -0.4 is 10.1 Å². The van der Waals surface area contributed by atoms with Gasteiger partial charge in [0.2, 0.25) is 5.91 Å². The van der Waals surface area contributed by atoms with Crippen LogP contribution in [0.5, 0.6) is 5.75 Å². The summed E-state index contributed by atoms with van der Waals surface area (Å²) in [6.45, 7) is 8.52. The van der Waals surface area contributed by atoms with Crippen LogP contribution in [0.4, 0.5) is 0 Å². The van der Waals surface area contributed by atoms with E-state index in [-0.39, 0.29) is 23.8 Å². The SMILES string of the molecule is COc1ccc(Cl)cc1CN[C@H]1[C@H](C(C)(C)C)[C@@H](C(=O)O)N(C(=O)C2CCCCC2)[C@H]1c1cccnc1C. The zero-order valence-corrected chi connectivity index (χ0v) is 23.8. The Balaban J connectivity index is 1.84. The van der Waals surface area contributed by atoms with Crippen molar-refractivity contribution >= 4 is 23.5 Å². The van der Waals surface area contributed by atoms with Crippen molar-refractivity contribution in [1.29, 1.82) is 0 Å². The molecule has 1 amide bonds. The molecule has 1 saturated carbocycles. The number of ether oxygens (including phenoxy) is 1. The highest BCUT2D eigenvalue weighted by atomic mass is 35.5. The molecule has 7 nitrogen and oxygen atoms in total. The van der Waals surface area contributed by atoms with Gasteiger partial charge in [0.1, 0.15) is 11.8 Å². The monoisotopic (exact) mass is 541 g/mol. The smallest absolute Gasteiger partial charge is 0.326 e. The van der Waals surface area contributed by atoms with Gasteiger partial charge in [0.05, 0.1) is 13.2 Å². The summed E-state index contributed by atoms with van der Waals surface area (Å²) in [4.78, 5) is 33.5. The number of methoxy groups -OCH3 is 1. The summed E-state index contributed by atoms with van der Waals surface area (Å²) in [7, 11) is 1.62. The number of hydrogen-bond donors (Lipinski definition) is 2. The molecule has 2 heterocycles. The van der Waals surface area contributed by atoms with Gasteiger partial charge in [-0.25, -0.2) is 4.79 Å². The highest BCUT2D eigenvalue weighted by Gasteiger charge is 2.58. The summed E-state index contributed by atoms with van der Waals surface area (Å²) >= 11 is 6.31. The van der Waals surface area contributed by atoms with Crippen LogP contribution in [-0.2, 0) is 16.1 Å². The standard InChI is InChI=1S/C30H40ClN3O4/c1-18-22(12-9-15-32-18)26-25(33-17-20-16-21(31)13-14-23(20)38-5)24(30(2,3)4)27(29(36)37)34(26)28(35)19-10-7-6-8-11-19/h9,12-16,19,24-27,33H,6-8,10-11,17H2,1-5H3,(H,36,37)/t24-,25-,26-,27-/m0/s1. The first kappa shape index (κ1) is 28.4. The van der Waals surface area contributed by atoms with Gasteiger partial charge in [-0.15, -0.1) is 0 Å². The number of aliphatic carboxylic acids is 1. The summed E-state index contributed by atoms with van der Waals surface area (Å²) in [5.41, 5.74) is 2.14. The Morgan fingerprint density at radius 3 is 2.50 bits per heavy atom. The largest absolute Gasteiger partial charge is 0.496 e. The first-order valence-electron chi connectivity index (χ1n) is 13.6. The second kappa shape index (κ2) is 11.6. The average Bonchev–Trinajstić information content (AvgIpc) is 3.23. The lowest BCUT2D eigenvalue weighted by atomic mass is 9.72. The van der Waals surface area contributed by atoms with E-state index < -0.39 is 23.5 Å². The molecule has 0 unspecified atom stereocenters. The van der Waals surface area contributed by atoms with Crippen molar-refractivity contribution in [3.63, 3.8) is 0 Å². The maximum absolute atomic E-state index is 14.2. The third-order valence-corrected chi connectivity index (χ3v) is 8.50. The van der Waals surface area contributed by atoms with Crippen LogP contribution in [0.25, 0.3) is 0 Å². The lowest BCUT2D eigenvalue weighted by Gasteiger charge is -2.36. The van der Waals surface area contributed by atoms with Gasteiger partial charge in [-0.1, -0.05) is 57.7 Å². The van der Waals surface area contributed by atoms with E-state index in [1.165, 1.54) is 0 Å². The van der Waals surface area contributed by atoms with Crippen LogP contribution in [0.2, 0.25) is 5.02 Å². The van der Waals surface area contributed by atoms with Gasteiger partial charge in [0, 0.05) is 46.9 Å². The van der Waals surface area contributed by atoms with Gasteiger partial charge in [0.25, 0.3) is 0 Å². The van der Waals surface area contributed by atoms with Gasteiger partial charge in [0.15, 0.2) is 0 Å². The Morgan fingerprint density at radius 1 is 1.18 bits per heavy atom. The third kappa shape index (κ3) is 5.69. The molecule has 1 aliphatic carbocycles. The minimum Gasteiger partial charge on any atom is -0.496 e. The number of rotatable bonds is 7. The molecular weight excluding hydrogens is 502 g/mol. The minimum atomic E-state index is -0.967. The van der Waals surface area contributed by atoms with Crippen LogP contribution in [0.3, 0.4) is 0 Å². The van der Waals surface area contributed by atoms with Crippen molar-refractivity contribution < 1.29 is 19.4 Å². The summed E-state index contributed by atoms with van der Waals surface area (Å²) in [6, 6.07) is 7.53. The van der Waals surface area contributed by atoms with Crippen molar-refractivity contribution in [3.05, 3.63) is 58.4 Å². The number of amides is 1. The number of hydrogen-bond acceptors (Lipinski definition) is 5. The number of carboxylic acid groups (broad SMARTS) is 1. The summed E-state index contributed by atoms with van der Waals surface area (Å²) < 4.78 is 5.57. The van der Waals surface area contributed by atoms with Gasteiger partial charge in [-0.2, -0.15) is 0 Å². The normalized spacial score (nSPS) is 24.4. The number of nitrogens with zero attached hydrogens (tertiary/aromatic N) is 2. The molecule has 1 aromatic carbocycles. The fraction of sp³-hybridized carbons (Fsp3) is 0.567. The number of aromatic nitrogens is 1. The third-order valence-electron chi connectivity index (χ3n) is 8.27. The number of aryl methyl sites for hydroxylation is 1. The molecular formula is C30H40ClN3O4. The maximum Gasteiger partial charge on any atom is 0.326 e. The predicted molar refractivity (Wildman–Crippen MR) is 148 cm³/mol. The van der Waals surface area contributed by atoms with Crippen molar-refractivity contribution in [1.82, 2.24) is 15.2 Å². The molecule has 0 bridgehead atoms. The lowest BCUT2D eigenvalue weighted by Crippen LogP contribution is -2.49. The molecule has 1 aliphatic heterocycles. The number of carbonyl (C=O) groups is 2. The van der Waals surface area contributed by atoms with Crippen LogP contribution in [0.15, 0.2) is 36.5 Å². The molecule has 1 saturated heterocycles. The lowest BCUT2D eigenvalue weighted by molar-refractivity contribution is -0.154. The maximum atomic E-state index is 14.2. The van der Waals surface area contributed by atoms with Crippen LogP contribution in [0, 0.1) is 24.2 Å². The molecule has 8 heteroatoms. The summed E-state index contributed by atoms with van der Waals surface area (Å²) in [5.74, 6) is -0.833. The van der Waals surface area contributed by atoms with Gasteiger partial charge in [-0.3, -0.25) is 9.78 Å². The van der Waals surface area contributed by atoms with Gasteiger partial charge in [-0.05, 0) is 55.0 Å². The first-order valence-corrected chi connectivity index (χ1v) is 13.9. The number of likely N-dealkylation sites (tertiary alicyclic amines) is 1. The molecule has 2 N–H and O–H groups in total. The predicted octanol–water partition coefficient (Wildman–Crippen LogP) is 5.79. The van der Waals surface area contributed by atoms with Crippen molar-refractivity contribution in [2.45, 2.75) is 84.5 Å². The molecule has 0 spiro atoms. The Bertz CT molecular complexity index is 1160. The average molecular weight is 542 g/mol. The Hall–Kier alpha value is -2.64. The van der Waals surface area contributed by atoms with Crippen LogP contribution in [-0.4, -0.2) is 46.1 Å². The van der Waals surface area contributed by atoms with Crippen LogP contribution >= 0.6 is 11.6 Å². The number of benzene rings is 1. The minimum absolute atomic E-state index is 0.0516. The molecule has 1 aromatic heterocycles. The van der Waals surface area contributed by atoms with Crippen molar-refractivity contribution in [2.75, 3.05) is 7.11 Å². The number of halogens is 1. The van der Waals surface area contributed by atoms with Crippen molar-refractivity contribution in [2.24, 2.45) is 17.3 Å². The summed E-state index contributed by atoms with van der Waals surface area (Å²) in [6.07, 6.45) is 6.45. The molecule has 0 radical (unpaired) electrons. The molecule has 2 fully saturated rings. The second-order valence-corrected chi connectivity index (χ2v) is 12.2. The van der Waals surface area contributed by atoms with Crippen molar-refractivity contribution in [3.8, 4) is 5.75 Å². The number of carbonyl (C=O) groups excluding carboxylic acids is 1. The van der Waals surface area contributed by atoms with E-state index in [2.05, 4.69) is 31.1 Å². The van der Waals surface area contributed by atoms with E-state index in [9.17, 15) is 14.7 Å². The van der Waals surface area contributed by atoms with E-state index in [1.54, 1.807) is 24.3 Å². The van der Waals surface area contributed by atoms with Gasteiger partial charge < -0.3 is 20.1 Å². The first-order chi connectivity index (χ1) is 18.0. The van der Waals surface area contributed by atoms with E-state index in [4.69, 9.17) is 16.3 Å². The fourth-order valence-corrected chi connectivity index (χ4v) is 6.73. The molecule has 206 valence electrons. The Kier molecular flexibility index (Phi) is 8.68. The molecule has 4 atom stereocenters. The Morgan fingerprint density at radius 2 is 1.89 bits per heavy atom. The number of nitrogens with one attached hydrogen (secondary N) is 1. The molecule has 2 aromatic rings. The van der Waals surface area contributed by atoms with Gasteiger partial charge >= 0.3 is 5.97 Å². The molecule has 38 heavy (non-hydrogen) atoms. The Labute approximate surface area is 230 Å². The topological polar surface area (TPSA) is 91.8 Å². The molecule has 4 rings (SSSR count). The second-order valence-electron chi connectivity index (χ2n) is 11.7. The van der Waals surface area contributed by atoms with E-state index >= 15 is 0 Å². The summed E-state index contributed by atoms with van der Waals surface area (Å²) in [5, 5.41) is 14.9. The number of pyridine rings is 1. The number of carboxylic acids is 1. The van der Waals surface area contributed by atoms with E-state index in [1.807, 2.05) is 31.2 Å². The zero-order chi connectivity index (χ0) is 27.6. The highest BCUT2D eigenvalue weighted by molar-refractivity contribution is 6.30. The zero-order valence-electron chi connectivity index (χ0n) is 23.0. The highest BCUT2D eigenvalue weighted by Crippen LogP contribution is 2.49. The van der Waals surface area contributed by atoms with Crippen LogP contribution in [0.1, 0.15) is 75.7 Å². The molecule has 2 aliphatic rings.